The number of hydrogen-bond donors (Lipinski definition) is 0. The summed E-state index contributed by atoms with van der Waals surface area (Å²) in [4.78, 5) is 4.07. The Morgan fingerprint density at radius 1 is 1.50 bits per heavy atom. The lowest BCUT2D eigenvalue weighted by Gasteiger charge is -2.04. The first-order valence-electron chi connectivity index (χ1n) is 3.53. The molecule has 0 saturated carbocycles. The third kappa shape index (κ3) is 2.81. The minimum absolute atomic E-state index is 0.0381. The van der Waals surface area contributed by atoms with Crippen molar-refractivity contribution in [1.29, 1.82) is 0 Å². The van der Waals surface area contributed by atoms with Crippen molar-refractivity contribution in [3.8, 4) is 0 Å². The lowest BCUT2D eigenvalue weighted by molar-refractivity contribution is 0.891. The Kier molecular flexibility index (Phi) is 3.63. The molecule has 0 saturated heterocycles. The monoisotopic (exact) mass is 223 g/mol. The molecule has 1 atom stereocenters. The molecule has 0 fully saturated rings. The van der Waals surface area contributed by atoms with Crippen LogP contribution in [-0.4, -0.2) is 10.4 Å². The topological polar surface area (TPSA) is 12.9 Å². The molecule has 1 aromatic heterocycles. The van der Waals surface area contributed by atoms with Crippen LogP contribution in [0.3, 0.4) is 0 Å². The van der Waals surface area contributed by atoms with E-state index in [4.69, 9.17) is 34.8 Å². The maximum Gasteiger partial charge on any atom is 0.0636 e. The summed E-state index contributed by atoms with van der Waals surface area (Å²) < 4.78 is 0. The van der Waals surface area contributed by atoms with Gasteiger partial charge in [-0.15, -0.1) is 11.6 Å². The summed E-state index contributed by atoms with van der Waals surface area (Å²) in [6, 6.07) is 1.67. The van der Waals surface area contributed by atoms with Gasteiger partial charge in [0, 0.05) is 18.0 Å². The van der Waals surface area contributed by atoms with E-state index in [9.17, 15) is 0 Å². The van der Waals surface area contributed by atoms with Crippen LogP contribution in [-0.2, 0) is 6.42 Å². The second-order valence-electron chi connectivity index (χ2n) is 2.57. The van der Waals surface area contributed by atoms with Gasteiger partial charge in [0.25, 0.3) is 0 Å². The van der Waals surface area contributed by atoms with Gasteiger partial charge in [-0.05, 0) is 13.0 Å². The van der Waals surface area contributed by atoms with Gasteiger partial charge in [0.15, 0.2) is 0 Å². The predicted octanol–water partition coefficient (Wildman–Crippen LogP) is 3.56. The van der Waals surface area contributed by atoms with Crippen LogP contribution in [0.15, 0.2) is 12.3 Å². The van der Waals surface area contributed by atoms with Gasteiger partial charge in [-0.2, -0.15) is 0 Å². The Hall–Kier alpha value is 0.0200. The van der Waals surface area contributed by atoms with Crippen molar-refractivity contribution in [2.45, 2.75) is 18.7 Å². The summed E-state index contributed by atoms with van der Waals surface area (Å²) in [7, 11) is 0. The van der Waals surface area contributed by atoms with Gasteiger partial charge in [0.2, 0.25) is 0 Å². The maximum absolute atomic E-state index is 5.87. The van der Waals surface area contributed by atoms with E-state index in [2.05, 4.69) is 4.98 Å². The van der Waals surface area contributed by atoms with E-state index in [0.29, 0.717) is 16.5 Å². The molecule has 0 aliphatic carbocycles. The van der Waals surface area contributed by atoms with Crippen LogP contribution in [0.25, 0.3) is 0 Å². The van der Waals surface area contributed by atoms with Gasteiger partial charge in [-0.1, -0.05) is 23.2 Å². The average Bonchev–Trinajstić information content (AvgIpc) is 1.94. The van der Waals surface area contributed by atoms with Crippen molar-refractivity contribution in [2.24, 2.45) is 0 Å². The Morgan fingerprint density at radius 2 is 2.17 bits per heavy atom. The number of alkyl halides is 1. The molecule has 12 heavy (non-hydrogen) atoms. The Labute approximate surface area is 86.7 Å². The highest BCUT2D eigenvalue weighted by Gasteiger charge is 2.05. The minimum Gasteiger partial charge on any atom is -0.258 e. The second-order valence-corrected chi connectivity index (χ2v) is 4.16. The van der Waals surface area contributed by atoms with Gasteiger partial charge in [0.1, 0.15) is 0 Å². The number of hydrogen-bond acceptors (Lipinski definition) is 1. The van der Waals surface area contributed by atoms with Gasteiger partial charge >= 0.3 is 0 Å². The summed E-state index contributed by atoms with van der Waals surface area (Å²) >= 11 is 17.3. The number of pyridine rings is 1. The zero-order chi connectivity index (χ0) is 9.14. The SMILES string of the molecule is CC(Cl)Cc1ncc(Cl)cc1Cl. The number of nitrogens with zero attached hydrogens (tertiary/aromatic N) is 1. The summed E-state index contributed by atoms with van der Waals surface area (Å²) in [6.07, 6.45) is 2.24. The molecule has 4 heteroatoms. The summed E-state index contributed by atoms with van der Waals surface area (Å²) in [5.41, 5.74) is 0.795. The molecule has 1 heterocycles. The average molecular weight is 225 g/mol. The number of halogens is 3. The van der Waals surface area contributed by atoms with Crippen LogP contribution in [0, 0.1) is 0 Å². The Balaban J connectivity index is 2.86. The first kappa shape index (κ1) is 10.1. The lowest BCUT2D eigenvalue weighted by Crippen LogP contribution is -2.00. The molecule has 1 unspecified atom stereocenters. The molecule has 1 aromatic rings. The van der Waals surface area contributed by atoms with Crippen molar-refractivity contribution in [1.82, 2.24) is 4.98 Å². The second kappa shape index (κ2) is 4.31. The van der Waals surface area contributed by atoms with Crippen LogP contribution < -0.4 is 0 Å². The van der Waals surface area contributed by atoms with Crippen molar-refractivity contribution < 1.29 is 0 Å². The number of rotatable bonds is 2. The Morgan fingerprint density at radius 3 is 2.67 bits per heavy atom. The van der Waals surface area contributed by atoms with Crippen molar-refractivity contribution in [3.63, 3.8) is 0 Å². The fourth-order valence-electron chi connectivity index (χ4n) is 0.860. The molecule has 0 N–H and O–H groups in total. The highest BCUT2D eigenvalue weighted by molar-refractivity contribution is 6.34. The molecule has 0 aromatic carbocycles. The van der Waals surface area contributed by atoms with E-state index in [0.717, 1.165) is 5.69 Å². The minimum atomic E-state index is 0.0381. The van der Waals surface area contributed by atoms with E-state index >= 15 is 0 Å². The van der Waals surface area contributed by atoms with E-state index in [1.807, 2.05) is 6.92 Å². The molecule has 0 radical (unpaired) electrons. The van der Waals surface area contributed by atoms with Crippen molar-refractivity contribution in [3.05, 3.63) is 28.0 Å². The van der Waals surface area contributed by atoms with Gasteiger partial charge in [-0.25, -0.2) is 0 Å². The fourth-order valence-corrected chi connectivity index (χ4v) is 1.46. The smallest absolute Gasteiger partial charge is 0.0636 e. The first-order valence-corrected chi connectivity index (χ1v) is 4.73. The standard InChI is InChI=1S/C8H8Cl3N/c1-5(9)2-8-7(11)3-6(10)4-12-8/h3-5H,2H2,1H3. The predicted molar refractivity (Wildman–Crippen MR) is 53.3 cm³/mol. The van der Waals surface area contributed by atoms with E-state index in [-0.39, 0.29) is 5.38 Å². The quantitative estimate of drug-likeness (QED) is 0.700. The van der Waals surface area contributed by atoms with Crippen molar-refractivity contribution in [2.75, 3.05) is 0 Å². The first-order chi connectivity index (χ1) is 5.59. The zero-order valence-electron chi connectivity index (χ0n) is 6.52. The number of aromatic nitrogens is 1. The molecule has 0 aliphatic heterocycles. The molecule has 1 rings (SSSR count). The normalized spacial score (nSPS) is 13.0. The molecule has 0 amide bonds. The van der Waals surface area contributed by atoms with E-state index in [1.165, 1.54) is 0 Å². The molecule has 1 nitrogen and oxygen atoms in total. The van der Waals surface area contributed by atoms with Crippen LogP contribution in [0.5, 0.6) is 0 Å². The third-order valence-electron chi connectivity index (χ3n) is 1.36. The van der Waals surface area contributed by atoms with Gasteiger partial charge in [-0.3, -0.25) is 4.98 Å². The largest absolute Gasteiger partial charge is 0.258 e. The zero-order valence-corrected chi connectivity index (χ0v) is 8.79. The summed E-state index contributed by atoms with van der Waals surface area (Å²) in [5, 5.41) is 1.16. The molecular formula is C8H8Cl3N. The third-order valence-corrected chi connectivity index (χ3v) is 2.05. The van der Waals surface area contributed by atoms with Crippen LogP contribution >= 0.6 is 34.8 Å². The Bertz CT molecular complexity index is 273. The molecule has 66 valence electrons. The maximum atomic E-state index is 5.87. The summed E-state index contributed by atoms with van der Waals surface area (Å²) in [6.45, 7) is 1.90. The fraction of sp³-hybridized carbons (Fsp3) is 0.375. The van der Waals surface area contributed by atoms with Crippen LogP contribution in [0.1, 0.15) is 12.6 Å². The lowest BCUT2D eigenvalue weighted by atomic mass is 10.2. The van der Waals surface area contributed by atoms with Crippen molar-refractivity contribution >= 4 is 34.8 Å². The molecule has 0 spiro atoms. The van der Waals surface area contributed by atoms with Gasteiger partial charge in [0.05, 0.1) is 15.7 Å². The molecule has 0 aliphatic rings. The molecular weight excluding hydrogens is 216 g/mol. The van der Waals surface area contributed by atoms with E-state index in [1.54, 1.807) is 12.3 Å². The van der Waals surface area contributed by atoms with E-state index < -0.39 is 0 Å². The van der Waals surface area contributed by atoms with Crippen LogP contribution in [0.4, 0.5) is 0 Å². The highest BCUT2D eigenvalue weighted by Crippen LogP contribution is 2.20. The van der Waals surface area contributed by atoms with Gasteiger partial charge < -0.3 is 0 Å². The highest BCUT2D eigenvalue weighted by atomic mass is 35.5. The van der Waals surface area contributed by atoms with Crippen LogP contribution in [0.2, 0.25) is 10.0 Å². The summed E-state index contributed by atoms with van der Waals surface area (Å²) in [5.74, 6) is 0. The molecule has 0 bridgehead atoms.